The van der Waals surface area contributed by atoms with Crippen LogP contribution < -0.4 is 10.1 Å². The van der Waals surface area contributed by atoms with Crippen molar-refractivity contribution in [2.24, 2.45) is 0 Å². The maximum Gasteiger partial charge on any atom is 0.212 e. The minimum atomic E-state index is 0.392. The molecule has 1 saturated heterocycles. The summed E-state index contributed by atoms with van der Waals surface area (Å²) in [4.78, 5) is 6.81. The highest BCUT2D eigenvalue weighted by atomic mass is 16.5. The molecule has 2 aromatic rings. The third-order valence-electron chi connectivity index (χ3n) is 4.67. The first-order chi connectivity index (χ1) is 11.7. The summed E-state index contributed by atoms with van der Waals surface area (Å²) in [7, 11) is 1.65. The van der Waals surface area contributed by atoms with Crippen LogP contribution in [0.15, 0.2) is 42.6 Å². The maximum atomic E-state index is 5.13. The van der Waals surface area contributed by atoms with Crippen molar-refractivity contribution in [3.63, 3.8) is 0 Å². The molecule has 24 heavy (non-hydrogen) atoms. The number of hydrogen-bond acceptors (Lipinski definition) is 4. The Bertz CT molecular complexity index is 654. The molecule has 2 heterocycles. The van der Waals surface area contributed by atoms with E-state index in [1.165, 1.54) is 16.7 Å². The van der Waals surface area contributed by atoms with Crippen molar-refractivity contribution in [1.82, 2.24) is 15.2 Å². The summed E-state index contributed by atoms with van der Waals surface area (Å²) < 4.78 is 5.13. The molecule has 4 nitrogen and oxygen atoms in total. The lowest BCUT2D eigenvalue weighted by Gasteiger charge is -2.35. The van der Waals surface area contributed by atoms with Crippen LogP contribution in [0.5, 0.6) is 5.88 Å². The molecule has 1 aromatic carbocycles. The van der Waals surface area contributed by atoms with E-state index in [9.17, 15) is 0 Å². The zero-order valence-electron chi connectivity index (χ0n) is 14.8. The molecular formula is C20H27N3O. The molecule has 1 atom stereocenters. The van der Waals surface area contributed by atoms with E-state index in [1.54, 1.807) is 7.11 Å². The van der Waals surface area contributed by atoms with Crippen molar-refractivity contribution in [2.45, 2.75) is 32.4 Å². The second-order valence-electron chi connectivity index (χ2n) is 6.73. The number of aromatic nitrogens is 1. The van der Waals surface area contributed by atoms with Crippen LogP contribution in [0.25, 0.3) is 0 Å². The van der Waals surface area contributed by atoms with Gasteiger partial charge in [0.15, 0.2) is 0 Å². The van der Waals surface area contributed by atoms with Gasteiger partial charge in [-0.25, -0.2) is 4.98 Å². The Morgan fingerprint density at radius 1 is 1.25 bits per heavy atom. The Kier molecular flexibility index (Phi) is 5.48. The van der Waals surface area contributed by atoms with Crippen molar-refractivity contribution in [3.05, 3.63) is 59.3 Å². The topological polar surface area (TPSA) is 37.4 Å². The molecule has 1 aromatic heterocycles. The molecule has 1 aliphatic rings. The summed E-state index contributed by atoms with van der Waals surface area (Å²) in [6.45, 7) is 8.56. The van der Waals surface area contributed by atoms with Crippen LogP contribution in [0.3, 0.4) is 0 Å². The molecule has 0 saturated carbocycles. The first kappa shape index (κ1) is 16.9. The van der Waals surface area contributed by atoms with E-state index < -0.39 is 0 Å². The standard InChI is InChI=1S/C20H27N3O/c1-15(2)17-6-4-5-7-18(17)19-14-23(11-10-21-19)13-16-8-9-20(24-3)22-12-16/h4-9,12,15,19,21H,10-11,13-14H2,1-3H3. The van der Waals surface area contributed by atoms with Crippen LogP contribution in [0.1, 0.15) is 42.5 Å². The van der Waals surface area contributed by atoms with Gasteiger partial charge in [0, 0.05) is 44.5 Å². The van der Waals surface area contributed by atoms with Gasteiger partial charge in [0.05, 0.1) is 7.11 Å². The van der Waals surface area contributed by atoms with Crippen molar-refractivity contribution < 1.29 is 4.74 Å². The Morgan fingerprint density at radius 2 is 2.08 bits per heavy atom. The van der Waals surface area contributed by atoms with Crippen molar-refractivity contribution in [3.8, 4) is 5.88 Å². The quantitative estimate of drug-likeness (QED) is 0.915. The molecule has 0 spiro atoms. The predicted octanol–water partition coefficient (Wildman–Crippen LogP) is 3.36. The minimum absolute atomic E-state index is 0.392. The van der Waals surface area contributed by atoms with E-state index in [1.807, 2.05) is 12.3 Å². The molecule has 1 unspecified atom stereocenters. The smallest absolute Gasteiger partial charge is 0.212 e. The summed E-state index contributed by atoms with van der Waals surface area (Å²) in [5.74, 6) is 1.21. The van der Waals surface area contributed by atoms with Gasteiger partial charge in [0.2, 0.25) is 5.88 Å². The Labute approximate surface area is 144 Å². The van der Waals surface area contributed by atoms with Crippen LogP contribution in [0.4, 0.5) is 0 Å². The lowest BCUT2D eigenvalue weighted by molar-refractivity contribution is 0.192. The molecule has 128 valence electrons. The van der Waals surface area contributed by atoms with Crippen molar-refractivity contribution in [1.29, 1.82) is 0 Å². The third kappa shape index (κ3) is 3.94. The SMILES string of the molecule is COc1ccc(CN2CCNC(c3ccccc3C(C)C)C2)cn1. The van der Waals surface area contributed by atoms with Gasteiger partial charge in [-0.2, -0.15) is 0 Å². The second-order valence-corrected chi connectivity index (χ2v) is 6.73. The second kappa shape index (κ2) is 7.77. The molecule has 1 N–H and O–H groups in total. The highest BCUT2D eigenvalue weighted by molar-refractivity contribution is 5.33. The minimum Gasteiger partial charge on any atom is -0.481 e. The first-order valence-corrected chi connectivity index (χ1v) is 8.71. The van der Waals surface area contributed by atoms with Gasteiger partial charge in [-0.1, -0.05) is 44.2 Å². The van der Waals surface area contributed by atoms with Crippen LogP contribution in [-0.4, -0.2) is 36.6 Å². The molecule has 0 amide bonds. The third-order valence-corrected chi connectivity index (χ3v) is 4.67. The zero-order chi connectivity index (χ0) is 16.9. The number of methoxy groups -OCH3 is 1. The van der Waals surface area contributed by atoms with E-state index >= 15 is 0 Å². The molecule has 1 fully saturated rings. The van der Waals surface area contributed by atoms with Gasteiger partial charge in [-0.15, -0.1) is 0 Å². The monoisotopic (exact) mass is 325 g/mol. The van der Waals surface area contributed by atoms with E-state index in [4.69, 9.17) is 4.74 Å². The summed E-state index contributed by atoms with van der Waals surface area (Å²) in [6.07, 6.45) is 1.91. The van der Waals surface area contributed by atoms with Gasteiger partial charge >= 0.3 is 0 Å². The zero-order valence-corrected chi connectivity index (χ0v) is 14.8. The fraction of sp³-hybridized carbons (Fsp3) is 0.450. The molecule has 4 heteroatoms. The van der Waals surface area contributed by atoms with Gasteiger partial charge in [-0.3, -0.25) is 4.90 Å². The molecular weight excluding hydrogens is 298 g/mol. The van der Waals surface area contributed by atoms with Gasteiger partial charge in [-0.05, 0) is 22.6 Å². The van der Waals surface area contributed by atoms with Crippen LogP contribution in [-0.2, 0) is 6.54 Å². The summed E-state index contributed by atoms with van der Waals surface area (Å²) >= 11 is 0. The highest BCUT2D eigenvalue weighted by Gasteiger charge is 2.23. The van der Waals surface area contributed by atoms with Gasteiger partial charge in [0.25, 0.3) is 0 Å². The number of benzene rings is 1. The summed E-state index contributed by atoms with van der Waals surface area (Å²) in [5, 5.41) is 3.69. The van der Waals surface area contributed by atoms with Gasteiger partial charge in [0.1, 0.15) is 0 Å². The molecule has 0 radical (unpaired) electrons. The van der Waals surface area contributed by atoms with Crippen LogP contribution >= 0.6 is 0 Å². The Morgan fingerprint density at radius 3 is 2.79 bits per heavy atom. The largest absolute Gasteiger partial charge is 0.481 e. The van der Waals surface area contributed by atoms with E-state index in [0.717, 1.165) is 26.2 Å². The number of hydrogen-bond donors (Lipinski definition) is 1. The molecule has 3 rings (SSSR count). The van der Waals surface area contributed by atoms with Crippen LogP contribution in [0.2, 0.25) is 0 Å². The van der Waals surface area contributed by atoms with Crippen LogP contribution in [0, 0.1) is 0 Å². The fourth-order valence-electron chi connectivity index (χ4n) is 3.40. The maximum absolute atomic E-state index is 5.13. The average Bonchev–Trinajstić information content (AvgIpc) is 2.62. The summed E-state index contributed by atoms with van der Waals surface area (Å²) in [5.41, 5.74) is 4.11. The van der Waals surface area contributed by atoms with Crippen molar-refractivity contribution >= 4 is 0 Å². The average molecular weight is 325 g/mol. The van der Waals surface area contributed by atoms with E-state index in [2.05, 4.69) is 59.4 Å². The van der Waals surface area contributed by atoms with E-state index in [0.29, 0.717) is 17.8 Å². The molecule has 0 bridgehead atoms. The first-order valence-electron chi connectivity index (χ1n) is 8.71. The predicted molar refractivity (Wildman–Crippen MR) is 97.3 cm³/mol. The Balaban J connectivity index is 1.70. The fourth-order valence-corrected chi connectivity index (χ4v) is 3.40. The number of nitrogens with one attached hydrogen (secondary N) is 1. The lowest BCUT2D eigenvalue weighted by atomic mass is 9.92. The number of pyridine rings is 1. The number of ether oxygens (including phenoxy) is 1. The molecule has 0 aliphatic carbocycles. The lowest BCUT2D eigenvalue weighted by Crippen LogP contribution is -2.45. The highest BCUT2D eigenvalue weighted by Crippen LogP contribution is 2.27. The normalized spacial score (nSPS) is 18.8. The number of piperazine rings is 1. The summed E-state index contributed by atoms with van der Waals surface area (Å²) in [6, 6.07) is 13.2. The number of rotatable bonds is 5. The number of nitrogens with zero attached hydrogens (tertiary/aromatic N) is 2. The Hall–Kier alpha value is -1.91. The van der Waals surface area contributed by atoms with Crippen molar-refractivity contribution in [2.75, 3.05) is 26.7 Å². The van der Waals surface area contributed by atoms with Gasteiger partial charge < -0.3 is 10.1 Å². The molecule has 1 aliphatic heterocycles. The van der Waals surface area contributed by atoms with E-state index in [-0.39, 0.29) is 0 Å².